The van der Waals surface area contributed by atoms with Gasteiger partial charge in [0, 0.05) is 34.9 Å². The lowest BCUT2D eigenvalue weighted by molar-refractivity contribution is 0.112. The van der Waals surface area contributed by atoms with Crippen LogP contribution in [0.5, 0.6) is 0 Å². The van der Waals surface area contributed by atoms with Crippen LogP contribution in [0.25, 0.3) is 0 Å². The summed E-state index contributed by atoms with van der Waals surface area (Å²) in [5, 5.41) is 8.95. The predicted octanol–water partition coefficient (Wildman–Crippen LogP) is 3.00. The quantitative estimate of drug-likeness (QED) is 0.850. The highest BCUT2D eigenvalue weighted by molar-refractivity contribution is 9.10. The standard InChI is InChI=1S/C14H18BrNO2/c15-12-6-5-11(10-18)14(9-12)16-7-1-3-13(16)4-2-8-17/h5-6,9-10,13,17H,1-4,7-8H2. The molecule has 1 fully saturated rings. The Labute approximate surface area is 116 Å². The molecule has 0 bridgehead atoms. The average Bonchev–Trinajstić information content (AvgIpc) is 2.84. The maximum Gasteiger partial charge on any atom is 0.152 e. The van der Waals surface area contributed by atoms with Crippen LogP contribution in [0.2, 0.25) is 0 Å². The van der Waals surface area contributed by atoms with E-state index < -0.39 is 0 Å². The van der Waals surface area contributed by atoms with Crippen molar-refractivity contribution in [3.63, 3.8) is 0 Å². The lowest BCUT2D eigenvalue weighted by Gasteiger charge is -2.28. The number of nitrogens with zero attached hydrogens (tertiary/aromatic N) is 1. The molecule has 0 amide bonds. The first-order chi connectivity index (χ1) is 8.76. The Kier molecular flexibility index (Phi) is 4.78. The molecule has 0 saturated carbocycles. The van der Waals surface area contributed by atoms with Crippen molar-refractivity contribution in [2.24, 2.45) is 0 Å². The Morgan fingerprint density at radius 1 is 1.50 bits per heavy atom. The molecule has 1 saturated heterocycles. The van der Waals surface area contributed by atoms with Crippen LogP contribution in [0, 0.1) is 0 Å². The van der Waals surface area contributed by atoms with E-state index in [1.54, 1.807) is 0 Å². The molecule has 1 heterocycles. The third-order valence-electron chi connectivity index (χ3n) is 3.50. The second-order valence-electron chi connectivity index (χ2n) is 4.68. The summed E-state index contributed by atoms with van der Waals surface area (Å²) in [4.78, 5) is 13.4. The summed E-state index contributed by atoms with van der Waals surface area (Å²) in [6, 6.07) is 6.21. The van der Waals surface area contributed by atoms with Crippen LogP contribution in [0.1, 0.15) is 36.0 Å². The molecule has 1 aromatic carbocycles. The van der Waals surface area contributed by atoms with Crippen molar-refractivity contribution >= 4 is 27.9 Å². The van der Waals surface area contributed by atoms with Gasteiger partial charge in [-0.05, 0) is 43.9 Å². The average molecular weight is 312 g/mol. The maximum atomic E-state index is 11.1. The number of anilines is 1. The van der Waals surface area contributed by atoms with Gasteiger partial charge in [-0.3, -0.25) is 4.79 Å². The van der Waals surface area contributed by atoms with Crippen molar-refractivity contribution < 1.29 is 9.90 Å². The Morgan fingerprint density at radius 3 is 3.06 bits per heavy atom. The predicted molar refractivity (Wildman–Crippen MR) is 76.2 cm³/mol. The Balaban J connectivity index is 2.23. The topological polar surface area (TPSA) is 40.5 Å². The summed E-state index contributed by atoms with van der Waals surface area (Å²) in [5.41, 5.74) is 1.76. The van der Waals surface area contributed by atoms with E-state index in [0.717, 1.165) is 54.2 Å². The van der Waals surface area contributed by atoms with Gasteiger partial charge in [0.2, 0.25) is 0 Å². The highest BCUT2D eigenvalue weighted by Gasteiger charge is 2.25. The summed E-state index contributed by atoms with van der Waals surface area (Å²) in [6.45, 7) is 1.23. The fraction of sp³-hybridized carbons (Fsp3) is 0.500. The van der Waals surface area contributed by atoms with Crippen molar-refractivity contribution in [1.82, 2.24) is 0 Å². The Hall–Kier alpha value is -0.870. The van der Waals surface area contributed by atoms with Gasteiger partial charge in [-0.1, -0.05) is 15.9 Å². The summed E-state index contributed by atoms with van der Waals surface area (Å²) in [7, 11) is 0. The zero-order valence-electron chi connectivity index (χ0n) is 10.3. The molecule has 1 aliphatic heterocycles. The fourth-order valence-corrected chi connectivity index (χ4v) is 2.99. The van der Waals surface area contributed by atoms with Gasteiger partial charge in [0.25, 0.3) is 0 Å². The molecule has 1 unspecified atom stereocenters. The first-order valence-corrected chi connectivity index (χ1v) is 7.18. The first kappa shape index (κ1) is 13.6. The van der Waals surface area contributed by atoms with Crippen LogP contribution >= 0.6 is 15.9 Å². The molecule has 0 spiro atoms. The van der Waals surface area contributed by atoms with E-state index in [9.17, 15) is 4.79 Å². The molecule has 1 aliphatic rings. The van der Waals surface area contributed by atoms with Crippen LogP contribution in [0.3, 0.4) is 0 Å². The molecule has 0 radical (unpaired) electrons. The van der Waals surface area contributed by atoms with Gasteiger partial charge in [-0.25, -0.2) is 0 Å². The molecule has 1 aromatic rings. The van der Waals surface area contributed by atoms with Gasteiger partial charge in [0.15, 0.2) is 6.29 Å². The van der Waals surface area contributed by atoms with E-state index in [2.05, 4.69) is 20.8 Å². The smallest absolute Gasteiger partial charge is 0.152 e. The molecule has 0 aromatic heterocycles. The number of aliphatic hydroxyl groups excluding tert-OH is 1. The molecule has 98 valence electrons. The zero-order chi connectivity index (χ0) is 13.0. The van der Waals surface area contributed by atoms with E-state index >= 15 is 0 Å². The minimum Gasteiger partial charge on any atom is -0.396 e. The summed E-state index contributed by atoms with van der Waals surface area (Å²) >= 11 is 3.46. The minimum atomic E-state index is 0.239. The van der Waals surface area contributed by atoms with E-state index in [4.69, 9.17) is 5.11 Å². The molecular weight excluding hydrogens is 294 g/mol. The number of hydrogen-bond donors (Lipinski definition) is 1. The summed E-state index contributed by atoms with van der Waals surface area (Å²) in [5.74, 6) is 0. The minimum absolute atomic E-state index is 0.239. The van der Waals surface area contributed by atoms with Gasteiger partial charge in [0.05, 0.1) is 0 Å². The van der Waals surface area contributed by atoms with Crippen LogP contribution in [0.4, 0.5) is 5.69 Å². The van der Waals surface area contributed by atoms with Gasteiger partial charge in [-0.2, -0.15) is 0 Å². The van der Waals surface area contributed by atoms with E-state index in [0.29, 0.717) is 6.04 Å². The molecule has 18 heavy (non-hydrogen) atoms. The lowest BCUT2D eigenvalue weighted by Crippen LogP contribution is -2.30. The van der Waals surface area contributed by atoms with Gasteiger partial charge in [-0.15, -0.1) is 0 Å². The van der Waals surface area contributed by atoms with Gasteiger partial charge in [0.1, 0.15) is 0 Å². The second-order valence-corrected chi connectivity index (χ2v) is 5.59. The molecule has 1 N–H and O–H groups in total. The monoisotopic (exact) mass is 311 g/mol. The van der Waals surface area contributed by atoms with E-state index in [1.165, 1.54) is 0 Å². The highest BCUT2D eigenvalue weighted by atomic mass is 79.9. The molecule has 3 nitrogen and oxygen atoms in total. The van der Waals surface area contributed by atoms with Crippen molar-refractivity contribution in [2.75, 3.05) is 18.1 Å². The molecule has 1 atom stereocenters. The third-order valence-corrected chi connectivity index (χ3v) is 3.99. The summed E-state index contributed by atoms with van der Waals surface area (Å²) in [6.07, 6.45) is 5.03. The molecular formula is C14H18BrNO2. The first-order valence-electron chi connectivity index (χ1n) is 6.38. The Bertz CT molecular complexity index is 422. The van der Waals surface area contributed by atoms with Gasteiger partial charge < -0.3 is 10.0 Å². The third kappa shape index (κ3) is 2.93. The maximum absolute atomic E-state index is 11.1. The number of carbonyl (C=O) groups excluding carboxylic acids is 1. The van der Waals surface area contributed by atoms with Crippen molar-refractivity contribution in [3.8, 4) is 0 Å². The number of aliphatic hydroxyl groups is 1. The van der Waals surface area contributed by atoms with Crippen molar-refractivity contribution in [2.45, 2.75) is 31.7 Å². The number of hydrogen-bond acceptors (Lipinski definition) is 3. The number of benzene rings is 1. The Morgan fingerprint density at radius 2 is 2.33 bits per heavy atom. The number of carbonyl (C=O) groups is 1. The second kappa shape index (κ2) is 6.34. The summed E-state index contributed by atoms with van der Waals surface area (Å²) < 4.78 is 0.996. The van der Waals surface area contributed by atoms with Crippen LogP contribution in [-0.4, -0.2) is 30.6 Å². The number of aldehydes is 1. The lowest BCUT2D eigenvalue weighted by atomic mass is 10.1. The largest absolute Gasteiger partial charge is 0.396 e. The molecule has 2 rings (SSSR count). The van der Waals surface area contributed by atoms with Gasteiger partial charge >= 0.3 is 0 Å². The normalized spacial score (nSPS) is 19.2. The molecule has 0 aliphatic carbocycles. The fourth-order valence-electron chi connectivity index (χ4n) is 2.65. The van der Waals surface area contributed by atoms with E-state index in [1.807, 2.05) is 18.2 Å². The molecule has 4 heteroatoms. The van der Waals surface area contributed by atoms with Crippen molar-refractivity contribution in [1.29, 1.82) is 0 Å². The van der Waals surface area contributed by atoms with Crippen LogP contribution in [-0.2, 0) is 0 Å². The SMILES string of the molecule is O=Cc1ccc(Br)cc1N1CCCC1CCCO. The van der Waals surface area contributed by atoms with Crippen LogP contribution < -0.4 is 4.90 Å². The zero-order valence-corrected chi connectivity index (χ0v) is 11.9. The highest BCUT2D eigenvalue weighted by Crippen LogP contribution is 2.32. The van der Waals surface area contributed by atoms with E-state index in [-0.39, 0.29) is 6.61 Å². The number of rotatable bonds is 5. The van der Waals surface area contributed by atoms with Crippen LogP contribution in [0.15, 0.2) is 22.7 Å². The van der Waals surface area contributed by atoms with Crippen molar-refractivity contribution in [3.05, 3.63) is 28.2 Å². The number of halogens is 1.